The van der Waals surface area contributed by atoms with Crippen LogP contribution in [-0.4, -0.2) is 25.5 Å². The molecule has 0 aliphatic heterocycles. The third-order valence-electron chi connectivity index (χ3n) is 4.46. The van der Waals surface area contributed by atoms with Crippen molar-refractivity contribution in [3.63, 3.8) is 0 Å². The van der Waals surface area contributed by atoms with E-state index >= 15 is 0 Å². The van der Waals surface area contributed by atoms with Gasteiger partial charge < -0.3 is 9.88 Å². The number of aryl methyl sites for hydroxylation is 2. The first-order valence-electron chi connectivity index (χ1n) is 8.51. The van der Waals surface area contributed by atoms with E-state index in [4.69, 9.17) is 0 Å². The van der Waals surface area contributed by atoms with Crippen molar-refractivity contribution in [2.75, 3.05) is 5.32 Å². The molecule has 0 spiro atoms. The molecule has 2 aromatic heterocycles. The van der Waals surface area contributed by atoms with Crippen molar-refractivity contribution in [1.29, 1.82) is 0 Å². The zero-order valence-electron chi connectivity index (χ0n) is 15.0. The van der Waals surface area contributed by atoms with Crippen molar-refractivity contribution in [2.24, 2.45) is 7.05 Å². The zero-order chi connectivity index (χ0) is 19.0. The van der Waals surface area contributed by atoms with Crippen LogP contribution >= 0.6 is 0 Å². The predicted octanol–water partition coefficient (Wildman–Crippen LogP) is 3.52. The molecular formula is C20H18FN5O. The van der Waals surface area contributed by atoms with Gasteiger partial charge >= 0.3 is 0 Å². The van der Waals surface area contributed by atoms with Gasteiger partial charge in [0.25, 0.3) is 0 Å². The SMILES string of the molecule is Cc1ccc(-c2ccc3c(ccn3CC(=O)Nc3cnn(C)n3)c2)cc1F. The molecule has 0 aliphatic rings. The van der Waals surface area contributed by atoms with Gasteiger partial charge in [0, 0.05) is 24.1 Å². The van der Waals surface area contributed by atoms with Crippen LogP contribution in [-0.2, 0) is 18.4 Å². The number of anilines is 1. The molecule has 4 rings (SSSR count). The van der Waals surface area contributed by atoms with Gasteiger partial charge in [-0.05, 0) is 47.9 Å². The number of hydrogen-bond donors (Lipinski definition) is 1. The molecule has 0 radical (unpaired) electrons. The standard InChI is InChI=1S/C20H18FN5O/c1-13-3-4-15(10-17(13)21)14-5-6-18-16(9-14)7-8-26(18)12-20(27)23-19-11-22-25(2)24-19/h3-11H,12H2,1-2H3,(H,23,24,27). The normalized spacial score (nSPS) is 11.1. The maximum absolute atomic E-state index is 13.8. The van der Waals surface area contributed by atoms with Crippen molar-refractivity contribution < 1.29 is 9.18 Å². The smallest absolute Gasteiger partial charge is 0.245 e. The van der Waals surface area contributed by atoms with E-state index in [0.29, 0.717) is 11.4 Å². The highest BCUT2D eigenvalue weighted by Crippen LogP contribution is 2.26. The first-order valence-corrected chi connectivity index (χ1v) is 8.51. The average molecular weight is 363 g/mol. The predicted molar refractivity (Wildman–Crippen MR) is 102 cm³/mol. The second-order valence-electron chi connectivity index (χ2n) is 6.45. The van der Waals surface area contributed by atoms with Crippen molar-refractivity contribution in [1.82, 2.24) is 19.6 Å². The summed E-state index contributed by atoms with van der Waals surface area (Å²) >= 11 is 0. The van der Waals surface area contributed by atoms with Crippen LogP contribution in [0.2, 0.25) is 0 Å². The van der Waals surface area contributed by atoms with Gasteiger partial charge in [-0.25, -0.2) is 4.39 Å². The number of nitrogens with zero attached hydrogens (tertiary/aromatic N) is 4. The van der Waals surface area contributed by atoms with Gasteiger partial charge in [-0.3, -0.25) is 4.79 Å². The molecule has 27 heavy (non-hydrogen) atoms. The van der Waals surface area contributed by atoms with Gasteiger partial charge in [-0.15, -0.1) is 5.10 Å². The first kappa shape index (κ1) is 17.0. The Balaban J connectivity index is 1.57. The van der Waals surface area contributed by atoms with Gasteiger partial charge in [0.15, 0.2) is 5.82 Å². The Bertz CT molecular complexity index is 1140. The van der Waals surface area contributed by atoms with Gasteiger partial charge in [-0.1, -0.05) is 18.2 Å². The summed E-state index contributed by atoms with van der Waals surface area (Å²) in [7, 11) is 1.69. The number of benzene rings is 2. The Labute approximate surface area is 155 Å². The highest BCUT2D eigenvalue weighted by molar-refractivity contribution is 5.92. The lowest BCUT2D eigenvalue weighted by Crippen LogP contribution is -2.18. The largest absolute Gasteiger partial charge is 0.338 e. The van der Waals surface area contributed by atoms with Crippen LogP contribution in [0.25, 0.3) is 22.0 Å². The maximum atomic E-state index is 13.8. The van der Waals surface area contributed by atoms with Gasteiger partial charge in [-0.2, -0.15) is 9.90 Å². The van der Waals surface area contributed by atoms with Gasteiger partial charge in [0.2, 0.25) is 5.91 Å². The molecule has 1 amide bonds. The molecule has 6 nitrogen and oxygen atoms in total. The number of nitrogens with one attached hydrogen (secondary N) is 1. The molecule has 0 bridgehead atoms. The molecule has 136 valence electrons. The Morgan fingerprint density at radius 3 is 2.67 bits per heavy atom. The van der Waals surface area contributed by atoms with Crippen LogP contribution in [0.1, 0.15) is 5.56 Å². The molecule has 0 fully saturated rings. The molecule has 2 heterocycles. The molecule has 1 N–H and O–H groups in total. The van der Waals surface area contributed by atoms with Crippen molar-refractivity contribution in [3.05, 3.63) is 66.2 Å². The summed E-state index contributed by atoms with van der Waals surface area (Å²) in [5.41, 5.74) is 3.32. The number of hydrogen-bond acceptors (Lipinski definition) is 3. The Morgan fingerprint density at radius 2 is 1.93 bits per heavy atom. The van der Waals surface area contributed by atoms with Crippen molar-refractivity contribution in [3.8, 4) is 11.1 Å². The fourth-order valence-electron chi connectivity index (χ4n) is 3.03. The van der Waals surface area contributed by atoms with Crippen LogP contribution in [0, 0.1) is 12.7 Å². The van der Waals surface area contributed by atoms with Crippen LogP contribution in [0.15, 0.2) is 54.9 Å². The maximum Gasteiger partial charge on any atom is 0.245 e. The van der Waals surface area contributed by atoms with E-state index in [-0.39, 0.29) is 18.3 Å². The lowest BCUT2D eigenvalue weighted by Gasteiger charge is -2.07. The number of aromatic nitrogens is 4. The molecule has 2 aromatic carbocycles. The number of halogens is 1. The molecular weight excluding hydrogens is 345 g/mol. The minimum absolute atomic E-state index is 0.165. The van der Waals surface area contributed by atoms with E-state index in [1.165, 1.54) is 11.0 Å². The Morgan fingerprint density at radius 1 is 1.15 bits per heavy atom. The molecule has 0 unspecified atom stereocenters. The number of rotatable bonds is 4. The molecule has 0 saturated heterocycles. The number of carbonyl (C=O) groups is 1. The Hall–Kier alpha value is -3.48. The molecule has 7 heteroatoms. The summed E-state index contributed by atoms with van der Waals surface area (Å²) < 4.78 is 15.7. The highest BCUT2D eigenvalue weighted by Gasteiger charge is 2.10. The third kappa shape index (κ3) is 3.44. The van der Waals surface area contributed by atoms with Crippen LogP contribution in [0.3, 0.4) is 0 Å². The first-order chi connectivity index (χ1) is 13.0. The third-order valence-corrected chi connectivity index (χ3v) is 4.46. The molecule has 0 saturated carbocycles. The van der Waals surface area contributed by atoms with Crippen LogP contribution < -0.4 is 5.32 Å². The van der Waals surface area contributed by atoms with Gasteiger partial charge in [0.1, 0.15) is 12.4 Å². The highest BCUT2D eigenvalue weighted by atomic mass is 19.1. The van der Waals surface area contributed by atoms with E-state index in [0.717, 1.165) is 22.0 Å². The van der Waals surface area contributed by atoms with Crippen LogP contribution in [0.5, 0.6) is 0 Å². The van der Waals surface area contributed by atoms with E-state index in [2.05, 4.69) is 15.5 Å². The van der Waals surface area contributed by atoms with Crippen molar-refractivity contribution >= 4 is 22.6 Å². The molecule has 0 atom stereocenters. The molecule has 4 aromatic rings. The fourth-order valence-corrected chi connectivity index (χ4v) is 3.03. The number of carbonyl (C=O) groups excluding carboxylic acids is 1. The van der Waals surface area contributed by atoms with E-state index in [1.807, 2.05) is 41.1 Å². The quantitative estimate of drug-likeness (QED) is 0.603. The summed E-state index contributed by atoms with van der Waals surface area (Å²) in [6.45, 7) is 1.91. The number of fused-ring (bicyclic) bond motifs is 1. The Kier molecular flexibility index (Phi) is 4.19. The van der Waals surface area contributed by atoms with Gasteiger partial charge in [0.05, 0.1) is 6.20 Å². The lowest BCUT2D eigenvalue weighted by molar-refractivity contribution is -0.116. The zero-order valence-corrected chi connectivity index (χ0v) is 15.0. The minimum Gasteiger partial charge on any atom is -0.338 e. The summed E-state index contributed by atoms with van der Waals surface area (Å²) in [5, 5.41) is 11.7. The van der Waals surface area contributed by atoms with E-state index in [1.54, 1.807) is 26.1 Å². The van der Waals surface area contributed by atoms with Crippen LogP contribution in [0.4, 0.5) is 10.2 Å². The van der Waals surface area contributed by atoms with Crippen molar-refractivity contribution in [2.45, 2.75) is 13.5 Å². The monoisotopic (exact) mass is 363 g/mol. The topological polar surface area (TPSA) is 64.7 Å². The summed E-state index contributed by atoms with van der Waals surface area (Å²) in [5.74, 6) is 0.0196. The second-order valence-corrected chi connectivity index (χ2v) is 6.45. The summed E-state index contributed by atoms with van der Waals surface area (Å²) in [6, 6.07) is 13.0. The fraction of sp³-hybridized carbons (Fsp3) is 0.150. The average Bonchev–Trinajstić information content (AvgIpc) is 3.23. The van der Waals surface area contributed by atoms with E-state index in [9.17, 15) is 9.18 Å². The second kappa shape index (κ2) is 6.68. The lowest BCUT2D eigenvalue weighted by atomic mass is 10.0. The number of amides is 1. The minimum atomic E-state index is -0.217. The summed E-state index contributed by atoms with van der Waals surface area (Å²) in [4.78, 5) is 13.6. The summed E-state index contributed by atoms with van der Waals surface area (Å²) in [6.07, 6.45) is 3.36. The molecule has 0 aliphatic carbocycles. The van der Waals surface area contributed by atoms with E-state index < -0.39 is 0 Å².